The fourth-order valence-corrected chi connectivity index (χ4v) is 0.263. The zero-order valence-corrected chi connectivity index (χ0v) is 4.86. The first-order valence-electron chi connectivity index (χ1n) is 9.68. The van der Waals surface area contributed by atoms with E-state index in [4.69, 9.17) is 20.6 Å². The fourth-order valence-electron chi connectivity index (χ4n) is 0.263. The second-order valence-corrected chi connectivity index (χ2v) is 1.18. The van der Waals surface area contributed by atoms with Gasteiger partial charge in [0.25, 0.3) is 0 Å². The summed E-state index contributed by atoms with van der Waals surface area (Å²) in [5, 5.41) is 9.19. The number of rotatable bonds is 5. The van der Waals surface area contributed by atoms with E-state index in [0.29, 0.717) is 0 Å². The molecule has 0 spiro atoms. The van der Waals surface area contributed by atoms with Crippen molar-refractivity contribution in [2.75, 3.05) is 0 Å². The van der Waals surface area contributed by atoms with Gasteiger partial charge in [-0.15, -0.1) is 0 Å². The minimum atomic E-state index is -4.46. The molecule has 0 aliphatic rings. The topological polar surface area (TPSA) is 37.3 Å². The number of carboxylic acid groups (broad SMARTS) is 1. The van der Waals surface area contributed by atoms with Gasteiger partial charge in [-0.25, -0.2) is 0 Å². The quantitative estimate of drug-likeness (QED) is 0.668. The summed E-state index contributed by atoms with van der Waals surface area (Å²) in [5.41, 5.74) is 0. The van der Waals surface area contributed by atoms with Crippen molar-refractivity contribution >= 4 is 5.97 Å². The van der Waals surface area contributed by atoms with E-state index in [0.717, 1.165) is 0 Å². The van der Waals surface area contributed by atoms with Crippen molar-refractivity contribution in [3.63, 3.8) is 0 Å². The largest absolute Gasteiger partial charge is 0.481 e. The summed E-state index contributed by atoms with van der Waals surface area (Å²) in [6, 6.07) is 0. The molecule has 0 atom stereocenters. The Morgan fingerprint density at radius 1 is 1.70 bits per heavy atom. The third-order valence-electron chi connectivity index (χ3n) is 0.589. The summed E-state index contributed by atoms with van der Waals surface area (Å²) in [6.45, 7) is -7.72. The van der Waals surface area contributed by atoms with Crippen LogP contribution in [0, 0.1) is 5.89 Å². The van der Waals surface area contributed by atoms with Crippen LogP contribution in [0.15, 0.2) is 0 Å². The SMILES string of the molecule is [2H]C([2H])([2H])C([2H])([2H])C([2H])([2H])C([2H])(C(=O)O)C([2H])([2H])C([2H])([2H])C([2H])([2H])[2H]. The zero-order chi connectivity index (χ0) is 21.1. The van der Waals surface area contributed by atoms with Gasteiger partial charge in [-0.1, -0.05) is 26.4 Å². The van der Waals surface area contributed by atoms with Crippen molar-refractivity contribution in [2.45, 2.75) is 39.2 Å². The zero-order valence-electron chi connectivity index (χ0n) is 19.9. The Kier molecular flexibility index (Phi) is 0.650. The number of hydrogen-bond acceptors (Lipinski definition) is 1. The molecule has 0 aromatic carbocycles. The molecule has 0 aliphatic carbocycles. The normalized spacial score (nSPS) is 41.8. The molecule has 0 bridgehead atoms. The second kappa shape index (κ2) is 5.27. The van der Waals surface area contributed by atoms with Crippen molar-refractivity contribution in [3.05, 3.63) is 0 Å². The summed E-state index contributed by atoms with van der Waals surface area (Å²) in [5.74, 6) is -7.22. The number of carbonyl (C=O) groups is 1. The smallest absolute Gasteiger partial charge is 0.306 e. The first-order chi connectivity index (χ1) is 10.4. The Bertz CT molecular complexity index is 489. The van der Waals surface area contributed by atoms with Crippen LogP contribution in [-0.4, -0.2) is 11.1 Å². The molecule has 0 fully saturated rings. The van der Waals surface area contributed by atoms with E-state index in [1.807, 2.05) is 0 Å². The number of carboxylic acids is 1. The molecule has 0 rings (SSSR count). The lowest BCUT2D eigenvalue weighted by Gasteiger charge is -2.07. The highest BCUT2D eigenvalue weighted by Gasteiger charge is 2.13. The Morgan fingerprint density at radius 2 is 2.20 bits per heavy atom. The van der Waals surface area contributed by atoms with Gasteiger partial charge in [0.05, 0.1) is 5.89 Å². The van der Waals surface area contributed by atoms with Gasteiger partial charge in [-0.2, -0.15) is 0 Å². The summed E-state index contributed by atoms with van der Waals surface area (Å²) < 4.78 is 110. The molecule has 60 valence electrons. The lowest BCUT2D eigenvalue weighted by atomic mass is 9.99. The van der Waals surface area contributed by atoms with E-state index < -0.39 is 51.1 Å². The molecule has 10 heavy (non-hydrogen) atoms. The Balaban J connectivity index is 6.89. The van der Waals surface area contributed by atoms with Crippen LogP contribution in [0.2, 0.25) is 0 Å². The predicted octanol–water partition coefficient (Wildman–Crippen LogP) is 2.29. The van der Waals surface area contributed by atoms with Crippen LogP contribution in [0.3, 0.4) is 0 Å². The summed E-state index contributed by atoms with van der Waals surface area (Å²) in [7, 11) is 0. The molecule has 2 nitrogen and oxygen atoms in total. The Hall–Kier alpha value is -0.530. The number of hydrogen-bond donors (Lipinski definition) is 1. The van der Waals surface area contributed by atoms with E-state index >= 15 is 0 Å². The minimum Gasteiger partial charge on any atom is -0.481 e. The highest BCUT2D eigenvalue weighted by atomic mass is 16.4. The summed E-state index contributed by atoms with van der Waals surface area (Å²) >= 11 is 0. The first kappa shape index (κ1) is 1.23. The molecule has 1 N–H and O–H groups in total. The first-order valence-corrected chi connectivity index (χ1v) is 2.18. The molecule has 2 heteroatoms. The molecule has 0 heterocycles. The van der Waals surface area contributed by atoms with Gasteiger partial charge in [0, 0.05) is 20.6 Å². The molecule has 0 aliphatic heterocycles. The standard InChI is InChI=1S/C8H16O2/c1-3-5-7(6-4-2)8(9)10/h7H,3-6H2,1-2H3,(H,9,10)/i1D3,2D3,3D2,4D2,5D2,6D2,7D. The van der Waals surface area contributed by atoms with Crippen LogP contribution in [0.25, 0.3) is 0 Å². The monoisotopic (exact) mass is 159 g/mol. The third-order valence-corrected chi connectivity index (χ3v) is 0.589. The van der Waals surface area contributed by atoms with Gasteiger partial charge in [-0.3, -0.25) is 4.79 Å². The van der Waals surface area contributed by atoms with Gasteiger partial charge < -0.3 is 5.11 Å². The summed E-state index contributed by atoms with van der Waals surface area (Å²) in [6.07, 6.45) is -17.0. The van der Waals surface area contributed by atoms with E-state index in [1.54, 1.807) is 0 Å². The van der Waals surface area contributed by atoms with Crippen molar-refractivity contribution < 1.29 is 30.5 Å². The lowest BCUT2D eigenvalue weighted by Crippen LogP contribution is -2.12. The lowest BCUT2D eigenvalue weighted by molar-refractivity contribution is -0.142. The third kappa shape index (κ3) is 3.49. The van der Waals surface area contributed by atoms with Crippen LogP contribution in [0.1, 0.15) is 59.8 Å². The average molecular weight is 159 g/mol. The van der Waals surface area contributed by atoms with Gasteiger partial charge in [0.1, 0.15) is 0 Å². The Morgan fingerprint density at radius 3 is 2.50 bits per heavy atom. The highest BCUT2D eigenvalue weighted by molar-refractivity contribution is 5.69. The minimum absolute atomic E-state index is 2.76. The van der Waals surface area contributed by atoms with Crippen LogP contribution in [0.4, 0.5) is 0 Å². The maximum Gasteiger partial charge on any atom is 0.306 e. The molecule has 0 saturated heterocycles. The van der Waals surface area contributed by atoms with Crippen molar-refractivity contribution in [2.24, 2.45) is 5.89 Å². The summed E-state index contributed by atoms with van der Waals surface area (Å²) in [4.78, 5) is 11.5. The van der Waals surface area contributed by atoms with E-state index in [1.165, 1.54) is 0 Å². The Labute approximate surface area is 83.3 Å². The van der Waals surface area contributed by atoms with E-state index in [9.17, 15) is 9.90 Å². The highest BCUT2D eigenvalue weighted by Crippen LogP contribution is 2.12. The van der Waals surface area contributed by atoms with E-state index in [-0.39, 0.29) is 0 Å². The predicted molar refractivity (Wildman–Crippen MR) is 40.9 cm³/mol. The molecular weight excluding hydrogens is 128 g/mol. The molecule has 0 radical (unpaired) electrons. The molecule has 0 saturated carbocycles. The van der Waals surface area contributed by atoms with Crippen LogP contribution < -0.4 is 0 Å². The van der Waals surface area contributed by atoms with Gasteiger partial charge in [0.2, 0.25) is 0 Å². The number of aliphatic carboxylic acids is 1. The molecule has 0 amide bonds. The van der Waals surface area contributed by atoms with E-state index in [2.05, 4.69) is 0 Å². The van der Waals surface area contributed by atoms with Gasteiger partial charge >= 0.3 is 5.97 Å². The van der Waals surface area contributed by atoms with Gasteiger partial charge in [-0.05, 0) is 12.7 Å². The molecular formula is C8H16O2. The van der Waals surface area contributed by atoms with Crippen LogP contribution in [-0.2, 0) is 4.79 Å². The van der Waals surface area contributed by atoms with Gasteiger partial charge in [0.15, 0.2) is 0 Å². The van der Waals surface area contributed by atoms with Crippen molar-refractivity contribution in [3.8, 4) is 0 Å². The van der Waals surface area contributed by atoms with Crippen LogP contribution >= 0.6 is 0 Å². The van der Waals surface area contributed by atoms with Crippen molar-refractivity contribution in [1.82, 2.24) is 0 Å². The van der Waals surface area contributed by atoms with Crippen LogP contribution in [0.5, 0.6) is 0 Å². The average Bonchev–Trinajstić information content (AvgIpc) is 2.33. The fraction of sp³-hybridized carbons (Fsp3) is 0.875. The molecule has 0 aromatic heterocycles. The molecule has 0 aromatic rings. The maximum absolute atomic E-state index is 11.5. The second-order valence-electron chi connectivity index (χ2n) is 1.18. The van der Waals surface area contributed by atoms with Crippen molar-refractivity contribution in [1.29, 1.82) is 0 Å². The maximum atomic E-state index is 11.5. The molecule has 0 unspecified atom stereocenters.